The SMILES string of the molecule is Cc1cc(SCc2nc(-c3ccc(C(F)(F)F)cc3)n[nH]2)ccc1OCC(=O)O. The van der Waals surface area contributed by atoms with Crippen molar-refractivity contribution in [3.8, 4) is 17.1 Å². The summed E-state index contributed by atoms with van der Waals surface area (Å²) in [6.07, 6.45) is -4.38. The maximum Gasteiger partial charge on any atom is 0.416 e. The number of carbonyl (C=O) groups is 1. The van der Waals surface area contributed by atoms with E-state index in [1.165, 1.54) is 23.9 Å². The van der Waals surface area contributed by atoms with Crippen LogP contribution in [0.3, 0.4) is 0 Å². The molecular formula is C19H16F3N3O3S. The quantitative estimate of drug-likeness (QED) is 0.542. The van der Waals surface area contributed by atoms with Gasteiger partial charge in [-0.15, -0.1) is 11.8 Å². The van der Waals surface area contributed by atoms with E-state index < -0.39 is 24.3 Å². The summed E-state index contributed by atoms with van der Waals surface area (Å²) >= 11 is 1.48. The third-order valence-electron chi connectivity index (χ3n) is 3.88. The zero-order valence-electron chi connectivity index (χ0n) is 15.2. The second-order valence-electron chi connectivity index (χ2n) is 6.08. The number of H-pyrrole nitrogens is 1. The van der Waals surface area contributed by atoms with Crippen LogP contribution < -0.4 is 4.74 Å². The van der Waals surface area contributed by atoms with Crippen LogP contribution in [0.5, 0.6) is 5.75 Å². The van der Waals surface area contributed by atoms with Gasteiger partial charge < -0.3 is 9.84 Å². The van der Waals surface area contributed by atoms with E-state index in [0.717, 1.165) is 22.6 Å². The molecule has 1 heterocycles. The Bertz CT molecular complexity index is 1000. The summed E-state index contributed by atoms with van der Waals surface area (Å²) in [5, 5.41) is 15.5. The molecule has 2 aromatic carbocycles. The lowest BCUT2D eigenvalue weighted by molar-refractivity contribution is -0.139. The lowest BCUT2D eigenvalue weighted by Gasteiger charge is -2.08. The molecule has 0 aliphatic heterocycles. The molecule has 3 rings (SSSR count). The Labute approximate surface area is 168 Å². The van der Waals surface area contributed by atoms with E-state index in [1.807, 2.05) is 19.1 Å². The molecule has 0 saturated heterocycles. The molecule has 2 N–H and O–H groups in total. The number of carboxylic acids is 1. The van der Waals surface area contributed by atoms with Gasteiger partial charge in [0.2, 0.25) is 0 Å². The number of ether oxygens (including phenoxy) is 1. The maximum atomic E-state index is 12.6. The van der Waals surface area contributed by atoms with Crippen LogP contribution in [0.4, 0.5) is 13.2 Å². The molecule has 29 heavy (non-hydrogen) atoms. The maximum absolute atomic E-state index is 12.6. The topological polar surface area (TPSA) is 88.1 Å². The number of nitrogens with zero attached hydrogens (tertiary/aromatic N) is 2. The number of thioether (sulfide) groups is 1. The zero-order chi connectivity index (χ0) is 21.0. The van der Waals surface area contributed by atoms with Crippen molar-refractivity contribution in [2.45, 2.75) is 23.7 Å². The molecule has 0 aliphatic carbocycles. The first kappa shape index (κ1) is 20.7. The molecule has 1 aromatic heterocycles. The third kappa shape index (κ3) is 5.50. The number of halogens is 3. The molecule has 0 saturated carbocycles. The summed E-state index contributed by atoms with van der Waals surface area (Å²) in [6, 6.07) is 10.0. The van der Waals surface area contributed by atoms with E-state index in [9.17, 15) is 18.0 Å². The summed E-state index contributed by atoms with van der Waals surface area (Å²) in [5.41, 5.74) is 0.569. The number of alkyl halides is 3. The van der Waals surface area contributed by atoms with Gasteiger partial charge in [-0.1, -0.05) is 12.1 Å². The average molecular weight is 423 g/mol. The Morgan fingerprint density at radius 1 is 1.21 bits per heavy atom. The lowest BCUT2D eigenvalue weighted by atomic mass is 10.1. The minimum atomic E-state index is -4.38. The van der Waals surface area contributed by atoms with Crippen LogP contribution in [0.25, 0.3) is 11.4 Å². The summed E-state index contributed by atoms with van der Waals surface area (Å²) in [5.74, 6) is 0.831. The highest BCUT2D eigenvalue weighted by molar-refractivity contribution is 7.98. The summed E-state index contributed by atoms with van der Waals surface area (Å²) in [6.45, 7) is 1.41. The Morgan fingerprint density at radius 2 is 1.93 bits per heavy atom. The Balaban J connectivity index is 1.62. The molecule has 10 heteroatoms. The summed E-state index contributed by atoms with van der Waals surface area (Å²) in [4.78, 5) is 15.8. The standard InChI is InChI=1S/C19H16F3N3O3S/c1-11-8-14(6-7-15(11)28-9-17(26)27)29-10-16-23-18(25-24-16)12-2-4-13(5-3-12)19(20,21)22/h2-8H,9-10H2,1H3,(H,26,27)(H,23,24,25). The van der Waals surface area contributed by atoms with Crippen LogP contribution in [0, 0.1) is 6.92 Å². The molecule has 0 spiro atoms. The predicted molar refractivity (Wildman–Crippen MR) is 101 cm³/mol. The van der Waals surface area contributed by atoms with Crippen molar-refractivity contribution in [3.63, 3.8) is 0 Å². The van der Waals surface area contributed by atoms with Crippen molar-refractivity contribution in [2.24, 2.45) is 0 Å². The molecule has 0 aliphatic rings. The number of aromatic amines is 1. The van der Waals surface area contributed by atoms with Gasteiger partial charge in [0.25, 0.3) is 0 Å². The van der Waals surface area contributed by atoms with Gasteiger partial charge in [-0.3, -0.25) is 5.10 Å². The zero-order valence-corrected chi connectivity index (χ0v) is 16.0. The summed E-state index contributed by atoms with van der Waals surface area (Å²) in [7, 11) is 0. The van der Waals surface area contributed by atoms with Gasteiger partial charge in [0, 0.05) is 10.5 Å². The van der Waals surface area contributed by atoms with Gasteiger partial charge in [0.05, 0.1) is 11.3 Å². The lowest BCUT2D eigenvalue weighted by Crippen LogP contribution is -2.09. The fourth-order valence-electron chi connectivity index (χ4n) is 2.46. The Hall–Kier alpha value is -3.01. The molecule has 0 radical (unpaired) electrons. The first-order valence-electron chi connectivity index (χ1n) is 8.39. The number of nitrogens with one attached hydrogen (secondary N) is 1. The fourth-order valence-corrected chi connectivity index (χ4v) is 3.32. The van der Waals surface area contributed by atoms with Crippen LogP contribution in [-0.4, -0.2) is 32.9 Å². The smallest absolute Gasteiger partial charge is 0.416 e. The van der Waals surface area contributed by atoms with Gasteiger partial charge in [-0.2, -0.15) is 18.3 Å². The number of rotatable bonds is 7. The third-order valence-corrected chi connectivity index (χ3v) is 4.88. The van der Waals surface area contributed by atoms with E-state index >= 15 is 0 Å². The number of aryl methyl sites for hydroxylation is 1. The van der Waals surface area contributed by atoms with E-state index in [1.54, 1.807) is 6.07 Å². The molecule has 0 atom stereocenters. The highest BCUT2D eigenvalue weighted by Crippen LogP contribution is 2.31. The Kier molecular flexibility index (Phi) is 6.12. The number of hydrogen-bond acceptors (Lipinski definition) is 5. The van der Waals surface area contributed by atoms with Crippen molar-refractivity contribution >= 4 is 17.7 Å². The molecule has 0 bridgehead atoms. The van der Waals surface area contributed by atoms with Gasteiger partial charge >= 0.3 is 12.1 Å². The van der Waals surface area contributed by atoms with Crippen molar-refractivity contribution < 1.29 is 27.8 Å². The van der Waals surface area contributed by atoms with Gasteiger partial charge in [-0.05, 0) is 42.8 Å². The van der Waals surface area contributed by atoms with Crippen LogP contribution in [-0.2, 0) is 16.7 Å². The van der Waals surface area contributed by atoms with Gasteiger partial charge in [-0.25, -0.2) is 9.78 Å². The van der Waals surface area contributed by atoms with Crippen LogP contribution in [0.15, 0.2) is 47.4 Å². The van der Waals surface area contributed by atoms with E-state index in [-0.39, 0.29) is 0 Å². The van der Waals surface area contributed by atoms with Crippen molar-refractivity contribution in [1.82, 2.24) is 15.2 Å². The number of benzene rings is 2. The van der Waals surface area contributed by atoms with Crippen LogP contribution in [0.2, 0.25) is 0 Å². The molecular weight excluding hydrogens is 407 g/mol. The molecule has 6 nitrogen and oxygen atoms in total. The first-order valence-corrected chi connectivity index (χ1v) is 9.38. The monoisotopic (exact) mass is 423 g/mol. The minimum Gasteiger partial charge on any atom is -0.482 e. The number of aliphatic carboxylic acids is 1. The average Bonchev–Trinajstić information content (AvgIpc) is 3.14. The van der Waals surface area contributed by atoms with Gasteiger partial charge in [0.15, 0.2) is 12.4 Å². The minimum absolute atomic E-state index is 0.322. The molecule has 0 unspecified atom stereocenters. The molecule has 0 fully saturated rings. The molecule has 0 amide bonds. The number of carboxylic acid groups (broad SMARTS) is 1. The largest absolute Gasteiger partial charge is 0.482 e. The number of hydrogen-bond donors (Lipinski definition) is 2. The second-order valence-corrected chi connectivity index (χ2v) is 7.13. The second kappa shape index (κ2) is 8.56. The first-order chi connectivity index (χ1) is 13.7. The normalized spacial score (nSPS) is 11.4. The van der Waals surface area contributed by atoms with Crippen molar-refractivity contribution in [3.05, 3.63) is 59.4 Å². The number of aromatic nitrogens is 3. The van der Waals surface area contributed by atoms with Crippen LogP contribution >= 0.6 is 11.8 Å². The Morgan fingerprint density at radius 3 is 2.55 bits per heavy atom. The predicted octanol–water partition coefficient (Wildman–Crippen LogP) is 4.55. The fraction of sp³-hybridized carbons (Fsp3) is 0.211. The van der Waals surface area contributed by atoms with E-state index in [2.05, 4.69) is 15.2 Å². The molecule has 3 aromatic rings. The highest BCUT2D eigenvalue weighted by Gasteiger charge is 2.30. The van der Waals surface area contributed by atoms with Crippen molar-refractivity contribution in [1.29, 1.82) is 0 Å². The van der Waals surface area contributed by atoms with Crippen LogP contribution in [0.1, 0.15) is 17.0 Å². The van der Waals surface area contributed by atoms with E-state index in [4.69, 9.17) is 9.84 Å². The molecule has 152 valence electrons. The van der Waals surface area contributed by atoms with Crippen molar-refractivity contribution in [2.75, 3.05) is 6.61 Å². The van der Waals surface area contributed by atoms with Gasteiger partial charge in [0.1, 0.15) is 11.6 Å². The van der Waals surface area contributed by atoms with E-state index in [0.29, 0.717) is 28.7 Å². The summed E-state index contributed by atoms with van der Waals surface area (Å²) < 4.78 is 43.1. The highest BCUT2D eigenvalue weighted by atomic mass is 32.2.